The minimum atomic E-state index is -0.0230. The van der Waals surface area contributed by atoms with E-state index in [2.05, 4.69) is 0 Å². The molecule has 130 valence electrons. The number of methoxy groups -OCH3 is 1. The highest BCUT2D eigenvalue weighted by molar-refractivity contribution is 5.96. The standard InChI is InChI=1S/C20H22N2O3/c1-15-8-9-17(14-18(15)25-2)20(24)22-12-10-21(11-13-22)19(23)16-6-4-3-5-7-16/h3-9,14H,10-13H2,1-2H3. The van der Waals surface area contributed by atoms with Gasteiger partial charge in [-0.2, -0.15) is 0 Å². The third-order valence-electron chi connectivity index (χ3n) is 4.53. The lowest BCUT2D eigenvalue weighted by molar-refractivity contribution is 0.0535. The zero-order valence-electron chi connectivity index (χ0n) is 14.6. The Hall–Kier alpha value is -2.82. The summed E-state index contributed by atoms with van der Waals surface area (Å²) in [4.78, 5) is 28.8. The number of nitrogens with zero attached hydrogens (tertiary/aromatic N) is 2. The number of hydrogen-bond donors (Lipinski definition) is 0. The maximum atomic E-state index is 12.7. The fraction of sp³-hybridized carbons (Fsp3) is 0.300. The molecule has 25 heavy (non-hydrogen) atoms. The van der Waals surface area contributed by atoms with Crippen LogP contribution in [-0.2, 0) is 0 Å². The number of piperazine rings is 1. The van der Waals surface area contributed by atoms with Gasteiger partial charge >= 0.3 is 0 Å². The fourth-order valence-corrected chi connectivity index (χ4v) is 3.01. The van der Waals surface area contributed by atoms with E-state index in [0.29, 0.717) is 43.1 Å². The molecule has 0 unspecified atom stereocenters. The van der Waals surface area contributed by atoms with E-state index in [-0.39, 0.29) is 11.8 Å². The number of ether oxygens (including phenoxy) is 1. The van der Waals surface area contributed by atoms with Crippen molar-refractivity contribution in [3.05, 3.63) is 65.2 Å². The highest BCUT2D eigenvalue weighted by Crippen LogP contribution is 2.20. The summed E-state index contributed by atoms with van der Waals surface area (Å²) in [7, 11) is 1.60. The molecule has 2 aromatic carbocycles. The van der Waals surface area contributed by atoms with E-state index in [0.717, 1.165) is 5.56 Å². The SMILES string of the molecule is COc1cc(C(=O)N2CCN(C(=O)c3ccccc3)CC2)ccc1C. The van der Waals surface area contributed by atoms with Crippen LogP contribution in [0, 0.1) is 6.92 Å². The van der Waals surface area contributed by atoms with Crippen molar-refractivity contribution in [2.24, 2.45) is 0 Å². The summed E-state index contributed by atoms with van der Waals surface area (Å²) in [5.74, 6) is 0.707. The molecular formula is C20H22N2O3. The molecule has 1 fully saturated rings. The molecule has 5 nitrogen and oxygen atoms in total. The molecule has 0 N–H and O–H groups in total. The van der Waals surface area contributed by atoms with Crippen LogP contribution in [0.5, 0.6) is 5.75 Å². The van der Waals surface area contributed by atoms with E-state index in [1.165, 1.54) is 0 Å². The first-order valence-corrected chi connectivity index (χ1v) is 8.38. The molecule has 0 aromatic heterocycles. The van der Waals surface area contributed by atoms with Gasteiger partial charge in [0.1, 0.15) is 5.75 Å². The van der Waals surface area contributed by atoms with Gasteiger partial charge in [0.05, 0.1) is 7.11 Å². The lowest BCUT2D eigenvalue weighted by Gasteiger charge is -2.35. The Balaban J connectivity index is 1.64. The van der Waals surface area contributed by atoms with Crippen molar-refractivity contribution >= 4 is 11.8 Å². The van der Waals surface area contributed by atoms with E-state index in [9.17, 15) is 9.59 Å². The first-order chi connectivity index (χ1) is 12.1. The molecule has 2 aromatic rings. The number of carbonyl (C=O) groups is 2. The summed E-state index contributed by atoms with van der Waals surface area (Å²) in [6.07, 6.45) is 0. The van der Waals surface area contributed by atoms with Gasteiger partial charge in [-0.05, 0) is 36.8 Å². The van der Waals surface area contributed by atoms with Crippen molar-refractivity contribution < 1.29 is 14.3 Å². The van der Waals surface area contributed by atoms with E-state index < -0.39 is 0 Å². The highest BCUT2D eigenvalue weighted by atomic mass is 16.5. The maximum Gasteiger partial charge on any atom is 0.254 e. The molecule has 0 aliphatic carbocycles. The van der Waals surface area contributed by atoms with Crippen LogP contribution in [0.3, 0.4) is 0 Å². The first kappa shape index (κ1) is 17.0. The zero-order valence-corrected chi connectivity index (χ0v) is 14.6. The molecule has 0 saturated carbocycles. The van der Waals surface area contributed by atoms with Crippen LogP contribution in [0.1, 0.15) is 26.3 Å². The number of amides is 2. The molecule has 0 spiro atoms. The second-order valence-electron chi connectivity index (χ2n) is 6.13. The Labute approximate surface area is 147 Å². The van der Waals surface area contributed by atoms with Crippen LogP contribution in [0.4, 0.5) is 0 Å². The second-order valence-corrected chi connectivity index (χ2v) is 6.13. The van der Waals surface area contributed by atoms with Gasteiger partial charge < -0.3 is 14.5 Å². The van der Waals surface area contributed by atoms with E-state index >= 15 is 0 Å². The smallest absolute Gasteiger partial charge is 0.254 e. The third kappa shape index (κ3) is 3.65. The monoisotopic (exact) mass is 338 g/mol. The summed E-state index contributed by atoms with van der Waals surface area (Å²) in [6, 6.07) is 14.7. The molecular weight excluding hydrogens is 316 g/mol. The Morgan fingerprint density at radius 3 is 1.96 bits per heavy atom. The van der Waals surface area contributed by atoms with Gasteiger partial charge in [0, 0.05) is 37.3 Å². The number of benzene rings is 2. The van der Waals surface area contributed by atoms with E-state index in [1.807, 2.05) is 49.4 Å². The lowest BCUT2D eigenvalue weighted by Crippen LogP contribution is -2.50. The van der Waals surface area contributed by atoms with Crippen LogP contribution in [0.2, 0.25) is 0 Å². The summed E-state index contributed by atoms with van der Waals surface area (Å²) >= 11 is 0. The predicted octanol–water partition coefficient (Wildman–Crippen LogP) is 2.60. The average molecular weight is 338 g/mol. The third-order valence-corrected chi connectivity index (χ3v) is 4.53. The summed E-state index contributed by atoms with van der Waals surface area (Å²) in [5.41, 5.74) is 2.30. The molecule has 3 rings (SSSR count). The predicted molar refractivity (Wildman–Crippen MR) is 96.0 cm³/mol. The van der Waals surface area contributed by atoms with Gasteiger partial charge in [0.2, 0.25) is 0 Å². The Kier molecular flexibility index (Phi) is 5.03. The largest absolute Gasteiger partial charge is 0.496 e. The molecule has 5 heteroatoms. The average Bonchev–Trinajstić information content (AvgIpc) is 2.68. The van der Waals surface area contributed by atoms with Crippen LogP contribution in [0.25, 0.3) is 0 Å². The number of aryl methyl sites for hydroxylation is 1. The minimum absolute atomic E-state index is 0.0182. The van der Waals surface area contributed by atoms with Crippen LogP contribution >= 0.6 is 0 Å². The van der Waals surface area contributed by atoms with Crippen molar-refractivity contribution in [2.45, 2.75) is 6.92 Å². The topological polar surface area (TPSA) is 49.9 Å². The van der Waals surface area contributed by atoms with Crippen LogP contribution in [-0.4, -0.2) is 54.9 Å². The van der Waals surface area contributed by atoms with Gasteiger partial charge in [-0.25, -0.2) is 0 Å². The molecule has 1 saturated heterocycles. The molecule has 0 radical (unpaired) electrons. The van der Waals surface area contributed by atoms with Gasteiger partial charge in [0.15, 0.2) is 0 Å². The van der Waals surface area contributed by atoms with Crippen LogP contribution < -0.4 is 4.74 Å². The zero-order chi connectivity index (χ0) is 17.8. The summed E-state index contributed by atoms with van der Waals surface area (Å²) in [5, 5.41) is 0. The molecule has 1 aliphatic heterocycles. The Morgan fingerprint density at radius 1 is 0.840 bits per heavy atom. The highest BCUT2D eigenvalue weighted by Gasteiger charge is 2.25. The van der Waals surface area contributed by atoms with Gasteiger partial charge in [-0.3, -0.25) is 9.59 Å². The number of carbonyl (C=O) groups excluding carboxylic acids is 2. The first-order valence-electron chi connectivity index (χ1n) is 8.38. The second kappa shape index (κ2) is 7.38. The van der Waals surface area contributed by atoms with Crippen LogP contribution in [0.15, 0.2) is 48.5 Å². The molecule has 2 amide bonds. The van der Waals surface area contributed by atoms with Crippen molar-refractivity contribution in [3.63, 3.8) is 0 Å². The van der Waals surface area contributed by atoms with Crippen molar-refractivity contribution in [2.75, 3.05) is 33.3 Å². The molecule has 0 bridgehead atoms. The number of rotatable bonds is 3. The van der Waals surface area contributed by atoms with Gasteiger partial charge in [0.25, 0.3) is 11.8 Å². The molecule has 1 aliphatic rings. The lowest BCUT2D eigenvalue weighted by atomic mass is 10.1. The summed E-state index contributed by atoms with van der Waals surface area (Å²) < 4.78 is 5.30. The van der Waals surface area contributed by atoms with E-state index in [4.69, 9.17) is 4.74 Å². The van der Waals surface area contributed by atoms with Gasteiger partial charge in [-0.15, -0.1) is 0 Å². The van der Waals surface area contributed by atoms with Gasteiger partial charge in [-0.1, -0.05) is 24.3 Å². The Morgan fingerprint density at radius 2 is 1.40 bits per heavy atom. The Bertz CT molecular complexity index is 766. The minimum Gasteiger partial charge on any atom is -0.496 e. The molecule has 1 heterocycles. The van der Waals surface area contributed by atoms with E-state index in [1.54, 1.807) is 23.0 Å². The number of hydrogen-bond acceptors (Lipinski definition) is 3. The van der Waals surface area contributed by atoms with Crippen molar-refractivity contribution in [1.82, 2.24) is 9.80 Å². The fourth-order valence-electron chi connectivity index (χ4n) is 3.01. The quantitative estimate of drug-likeness (QED) is 0.864. The normalized spacial score (nSPS) is 14.3. The molecule has 0 atom stereocenters. The van der Waals surface area contributed by atoms with Crippen molar-refractivity contribution in [3.8, 4) is 5.75 Å². The maximum absolute atomic E-state index is 12.7. The van der Waals surface area contributed by atoms with Crippen molar-refractivity contribution in [1.29, 1.82) is 0 Å². The summed E-state index contributed by atoms with van der Waals surface area (Å²) in [6.45, 7) is 4.10.